The maximum atomic E-state index is 13.8. The van der Waals surface area contributed by atoms with Crippen molar-refractivity contribution in [3.8, 4) is 6.07 Å². The van der Waals surface area contributed by atoms with Gasteiger partial charge in [0.05, 0.1) is 17.1 Å². The molecule has 0 aliphatic rings. The minimum atomic E-state index is -0.346. The first-order chi connectivity index (χ1) is 10.7. The van der Waals surface area contributed by atoms with Crippen LogP contribution in [-0.4, -0.2) is 9.97 Å². The average Bonchev–Trinajstić information content (AvgIpc) is 2.54. The molecule has 0 spiro atoms. The van der Waals surface area contributed by atoms with Gasteiger partial charge in [-0.25, -0.2) is 14.4 Å². The SMILES string of the molecule is Cc1cccc2c(NCc3cc(C#N)ccc3F)ncnc12. The summed E-state index contributed by atoms with van der Waals surface area (Å²) in [4.78, 5) is 8.50. The third-order valence-electron chi connectivity index (χ3n) is 3.49. The van der Waals surface area contributed by atoms with Gasteiger partial charge in [-0.2, -0.15) is 5.26 Å². The Bertz CT molecular complexity index is 883. The topological polar surface area (TPSA) is 61.6 Å². The number of fused-ring (bicyclic) bond motifs is 1. The van der Waals surface area contributed by atoms with Gasteiger partial charge in [-0.05, 0) is 36.8 Å². The van der Waals surface area contributed by atoms with Crippen molar-refractivity contribution in [3.05, 3.63) is 65.2 Å². The average molecular weight is 292 g/mol. The molecule has 0 aliphatic carbocycles. The van der Waals surface area contributed by atoms with Crippen molar-refractivity contribution in [1.82, 2.24) is 9.97 Å². The number of aromatic nitrogens is 2. The van der Waals surface area contributed by atoms with E-state index in [0.29, 0.717) is 16.9 Å². The van der Waals surface area contributed by atoms with E-state index < -0.39 is 0 Å². The third kappa shape index (κ3) is 2.59. The van der Waals surface area contributed by atoms with Crippen molar-refractivity contribution in [2.75, 3.05) is 5.32 Å². The molecule has 0 unspecified atom stereocenters. The van der Waals surface area contributed by atoms with Gasteiger partial charge in [-0.1, -0.05) is 12.1 Å². The van der Waals surface area contributed by atoms with E-state index in [-0.39, 0.29) is 12.4 Å². The van der Waals surface area contributed by atoms with Crippen molar-refractivity contribution in [2.24, 2.45) is 0 Å². The highest BCUT2D eigenvalue weighted by atomic mass is 19.1. The van der Waals surface area contributed by atoms with Gasteiger partial charge in [-0.15, -0.1) is 0 Å². The molecule has 108 valence electrons. The molecule has 0 saturated heterocycles. The van der Waals surface area contributed by atoms with E-state index in [0.717, 1.165) is 16.5 Å². The van der Waals surface area contributed by atoms with Crippen molar-refractivity contribution < 1.29 is 4.39 Å². The highest BCUT2D eigenvalue weighted by Gasteiger charge is 2.07. The van der Waals surface area contributed by atoms with E-state index in [2.05, 4.69) is 15.3 Å². The lowest BCUT2D eigenvalue weighted by atomic mass is 10.1. The van der Waals surface area contributed by atoms with E-state index in [1.165, 1.54) is 24.5 Å². The minimum absolute atomic E-state index is 0.251. The molecule has 4 nitrogen and oxygen atoms in total. The van der Waals surface area contributed by atoms with Crippen LogP contribution in [0.25, 0.3) is 10.9 Å². The van der Waals surface area contributed by atoms with Gasteiger partial charge in [0.2, 0.25) is 0 Å². The lowest BCUT2D eigenvalue weighted by molar-refractivity contribution is 0.612. The molecule has 3 aromatic rings. The summed E-state index contributed by atoms with van der Waals surface area (Å²) in [5.41, 5.74) is 2.78. The fourth-order valence-electron chi connectivity index (χ4n) is 2.33. The number of benzene rings is 2. The summed E-state index contributed by atoms with van der Waals surface area (Å²) in [7, 11) is 0. The van der Waals surface area contributed by atoms with Gasteiger partial charge in [0, 0.05) is 17.5 Å². The largest absolute Gasteiger partial charge is 0.365 e. The zero-order valence-corrected chi connectivity index (χ0v) is 12.0. The molecule has 0 saturated carbocycles. The molecule has 22 heavy (non-hydrogen) atoms. The normalized spacial score (nSPS) is 10.4. The molecule has 0 fully saturated rings. The number of hydrogen-bond donors (Lipinski definition) is 1. The molecule has 0 bridgehead atoms. The number of hydrogen-bond acceptors (Lipinski definition) is 4. The second-order valence-corrected chi connectivity index (χ2v) is 4.96. The molecule has 5 heteroatoms. The van der Waals surface area contributed by atoms with Gasteiger partial charge in [0.1, 0.15) is 18.0 Å². The number of halogens is 1. The van der Waals surface area contributed by atoms with Crippen LogP contribution in [0.1, 0.15) is 16.7 Å². The molecule has 1 heterocycles. The quantitative estimate of drug-likeness (QED) is 0.801. The second-order valence-electron chi connectivity index (χ2n) is 4.96. The Hall–Kier alpha value is -3.00. The summed E-state index contributed by atoms with van der Waals surface area (Å²) in [6.07, 6.45) is 1.49. The zero-order chi connectivity index (χ0) is 15.5. The lowest BCUT2D eigenvalue weighted by Crippen LogP contribution is -2.05. The number of nitrogens with zero attached hydrogens (tertiary/aromatic N) is 3. The maximum absolute atomic E-state index is 13.8. The Morgan fingerprint density at radius 2 is 2.09 bits per heavy atom. The number of para-hydroxylation sites is 1. The van der Waals surface area contributed by atoms with Crippen molar-refractivity contribution in [2.45, 2.75) is 13.5 Å². The van der Waals surface area contributed by atoms with Crippen LogP contribution in [-0.2, 0) is 6.54 Å². The first-order valence-corrected chi connectivity index (χ1v) is 6.82. The Balaban J connectivity index is 1.92. The van der Waals surface area contributed by atoms with Crippen molar-refractivity contribution >= 4 is 16.7 Å². The number of nitrogens with one attached hydrogen (secondary N) is 1. The van der Waals surface area contributed by atoms with Crippen LogP contribution in [0.5, 0.6) is 0 Å². The lowest BCUT2D eigenvalue weighted by Gasteiger charge is -2.10. The molecular weight excluding hydrogens is 279 g/mol. The molecule has 0 radical (unpaired) electrons. The first kappa shape index (κ1) is 14.0. The molecule has 2 aromatic carbocycles. The van der Waals surface area contributed by atoms with E-state index in [4.69, 9.17) is 5.26 Å². The molecule has 3 rings (SSSR count). The number of aryl methyl sites for hydroxylation is 1. The van der Waals surface area contributed by atoms with E-state index in [1.807, 2.05) is 31.2 Å². The Labute approximate surface area is 127 Å². The van der Waals surface area contributed by atoms with Crippen LogP contribution in [0.15, 0.2) is 42.7 Å². The van der Waals surface area contributed by atoms with Crippen LogP contribution in [0.4, 0.5) is 10.2 Å². The Kier molecular flexibility index (Phi) is 3.67. The predicted octanol–water partition coefficient (Wildman–Crippen LogP) is 3.56. The monoisotopic (exact) mass is 292 g/mol. The fraction of sp³-hybridized carbons (Fsp3) is 0.118. The van der Waals surface area contributed by atoms with Gasteiger partial charge >= 0.3 is 0 Å². The summed E-state index contributed by atoms with van der Waals surface area (Å²) in [5, 5.41) is 12.9. The Morgan fingerprint density at radius 3 is 2.91 bits per heavy atom. The molecule has 1 N–H and O–H groups in total. The number of anilines is 1. The summed E-state index contributed by atoms with van der Waals surface area (Å²) >= 11 is 0. The molecular formula is C17H13FN4. The molecule has 0 aliphatic heterocycles. The van der Waals surface area contributed by atoms with Gasteiger partial charge < -0.3 is 5.32 Å². The highest BCUT2D eigenvalue weighted by Crippen LogP contribution is 2.22. The fourth-order valence-corrected chi connectivity index (χ4v) is 2.33. The van der Waals surface area contributed by atoms with Gasteiger partial charge in [-0.3, -0.25) is 0 Å². The van der Waals surface area contributed by atoms with Crippen LogP contribution in [0, 0.1) is 24.1 Å². The van der Waals surface area contributed by atoms with Crippen LogP contribution < -0.4 is 5.32 Å². The Morgan fingerprint density at radius 1 is 1.23 bits per heavy atom. The summed E-state index contributed by atoms with van der Waals surface area (Å²) in [5.74, 6) is 0.302. The summed E-state index contributed by atoms with van der Waals surface area (Å²) in [6.45, 7) is 2.23. The van der Waals surface area contributed by atoms with E-state index in [9.17, 15) is 4.39 Å². The first-order valence-electron chi connectivity index (χ1n) is 6.82. The number of nitriles is 1. The standard InChI is InChI=1S/C17H13FN4/c1-11-3-2-4-14-16(11)21-10-22-17(14)20-9-13-7-12(8-19)5-6-15(13)18/h2-7,10H,9H2,1H3,(H,20,21,22). The third-order valence-corrected chi connectivity index (χ3v) is 3.49. The minimum Gasteiger partial charge on any atom is -0.365 e. The maximum Gasteiger partial charge on any atom is 0.137 e. The molecule has 1 aromatic heterocycles. The van der Waals surface area contributed by atoms with Crippen LogP contribution in [0.3, 0.4) is 0 Å². The summed E-state index contributed by atoms with van der Waals surface area (Å²) < 4.78 is 13.8. The van der Waals surface area contributed by atoms with Gasteiger partial charge in [0.15, 0.2) is 0 Å². The van der Waals surface area contributed by atoms with Gasteiger partial charge in [0.25, 0.3) is 0 Å². The van der Waals surface area contributed by atoms with Crippen LogP contribution >= 0.6 is 0 Å². The predicted molar refractivity (Wildman–Crippen MR) is 82.7 cm³/mol. The molecule has 0 amide bonds. The van der Waals surface area contributed by atoms with Crippen LogP contribution in [0.2, 0.25) is 0 Å². The van der Waals surface area contributed by atoms with Crippen molar-refractivity contribution in [1.29, 1.82) is 5.26 Å². The smallest absolute Gasteiger partial charge is 0.137 e. The highest BCUT2D eigenvalue weighted by molar-refractivity contribution is 5.90. The zero-order valence-electron chi connectivity index (χ0n) is 12.0. The van der Waals surface area contributed by atoms with E-state index in [1.54, 1.807) is 0 Å². The summed E-state index contributed by atoms with van der Waals surface area (Å²) in [6, 6.07) is 12.2. The molecule has 0 atom stereocenters. The van der Waals surface area contributed by atoms with Crippen molar-refractivity contribution in [3.63, 3.8) is 0 Å². The van der Waals surface area contributed by atoms with E-state index >= 15 is 0 Å². The second kappa shape index (κ2) is 5.78. The number of rotatable bonds is 3.